The van der Waals surface area contributed by atoms with E-state index in [1.807, 2.05) is 12.1 Å². The molecule has 0 fully saturated rings. The van der Waals surface area contributed by atoms with Gasteiger partial charge in [0.05, 0.1) is 11.6 Å². The third-order valence-electron chi connectivity index (χ3n) is 3.34. The van der Waals surface area contributed by atoms with E-state index in [2.05, 4.69) is 10.4 Å². The summed E-state index contributed by atoms with van der Waals surface area (Å²) >= 11 is 0. The van der Waals surface area contributed by atoms with Gasteiger partial charge in [0, 0.05) is 12.4 Å². The molecule has 0 saturated heterocycles. The lowest BCUT2D eigenvalue weighted by molar-refractivity contribution is -0.137. The molecule has 0 aliphatic rings. The molecule has 0 radical (unpaired) electrons. The maximum absolute atomic E-state index is 12.7. The molecule has 0 aliphatic carbocycles. The molecule has 0 spiro atoms. The Morgan fingerprint density at radius 2 is 2.05 bits per heavy atom. The van der Waals surface area contributed by atoms with Crippen molar-refractivity contribution >= 4 is 0 Å². The van der Waals surface area contributed by atoms with Gasteiger partial charge in [0.15, 0.2) is 0 Å². The van der Waals surface area contributed by atoms with Gasteiger partial charge in [0.2, 0.25) is 0 Å². The van der Waals surface area contributed by atoms with Gasteiger partial charge in [-0.1, -0.05) is 12.1 Å². The van der Waals surface area contributed by atoms with Crippen molar-refractivity contribution in [2.45, 2.75) is 25.6 Å². The molecular formula is C15H16F3N3. The zero-order valence-electron chi connectivity index (χ0n) is 11.5. The van der Waals surface area contributed by atoms with Gasteiger partial charge in [-0.05, 0) is 48.2 Å². The molecule has 2 aromatic rings. The standard InChI is InChI=1S/C15H16F3N3/c1-10-7-12(15(16,17)18)4-5-13(10)14(21-19)8-11-3-2-6-20-9-11/h2-7,9,14,21H,8,19H2,1H3. The van der Waals surface area contributed by atoms with E-state index in [0.29, 0.717) is 12.0 Å². The molecular weight excluding hydrogens is 279 g/mol. The quantitative estimate of drug-likeness (QED) is 0.673. The fraction of sp³-hybridized carbons (Fsp3) is 0.267. The molecule has 0 amide bonds. The molecule has 1 aromatic carbocycles. The number of nitrogens with two attached hydrogens (primary N) is 1. The summed E-state index contributed by atoms with van der Waals surface area (Å²) in [4.78, 5) is 4.02. The molecule has 0 saturated carbocycles. The number of benzene rings is 1. The molecule has 6 heteroatoms. The topological polar surface area (TPSA) is 50.9 Å². The lowest BCUT2D eigenvalue weighted by Crippen LogP contribution is -2.30. The number of hydrazine groups is 1. The fourth-order valence-corrected chi connectivity index (χ4v) is 2.26. The Morgan fingerprint density at radius 3 is 2.57 bits per heavy atom. The van der Waals surface area contributed by atoms with Crippen molar-refractivity contribution in [2.75, 3.05) is 0 Å². The number of aromatic nitrogens is 1. The van der Waals surface area contributed by atoms with Crippen LogP contribution in [-0.4, -0.2) is 4.98 Å². The van der Waals surface area contributed by atoms with Crippen LogP contribution in [0, 0.1) is 6.92 Å². The highest BCUT2D eigenvalue weighted by molar-refractivity contribution is 5.35. The van der Waals surface area contributed by atoms with Gasteiger partial charge < -0.3 is 0 Å². The summed E-state index contributed by atoms with van der Waals surface area (Å²) in [5, 5.41) is 0. The first-order valence-electron chi connectivity index (χ1n) is 6.44. The number of hydrogen-bond donors (Lipinski definition) is 2. The summed E-state index contributed by atoms with van der Waals surface area (Å²) in [6.07, 6.45) is -0.406. The van der Waals surface area contributed by atoms with Crippen LogP contribution in [0.3, 0.4) is 0 Å². The van der Waals surface area contributed by atoms with E-state index in [-0.39, 0.29) is 6.04 Å². The third kappa shape index (κ3) is 3.80. The van der Waals surface area contributed by atoms with Crippen LogP contribution in [0.15, 0.2) is 42.7 Å². The minimum absolute atomic E-state index is 0.267. The second-order valence-electron chi connectivity index (χ2n) is 4.85. The van der Waals surface area contributed by atoms with Crippen molar-refractivity contribution in [3.05, 3.63) is 65.0 Å². The Bertz CT molecular complexity index is 597. The zero-order chi connectivity index (χ0) is 15.5. The van der Waals surface area contributed by atoms with E-state index in [0.717, 1.165) is 23.3 Å². The second kappa shape index (κ2) is 6.24. The van der Waals surface area contributed by atoms with Crippen molar-refractivity contribution < 1.29 is 13.2 Å². The molecule has 1 aromatic heterocycles. The lowest BCUT2D eigenvalue weighted by Gasteiger charge is -2.19. The van der Waals surface area contributed by atoms with Crippen LogP contribution in [0.2, 0.25) is 0 Å². The highest BCUT2D eigenvalue weighted by Gasteiger charge is 2.31. The number of nitrogens with one attached hydrogen (secondary N) is 1. The van der Waals surface area contributed by atoms with Crippen LogP contribution in [0.5, 0.6) is 0 Å². The number of halogens is 3. The predicted octanol–water partition coefficient (Wildman–Crippen LogP) is 3.16. The van der Waals surface area contributed by atoms with Gasteiger partial charge in [-0.2, -0.15) is 13.2 Å². The maximum atomic E-state index is 12.7. The summed E-state index contributed by atoms with van der Waals surface area (Å²) in [5.74, 6) is 5.55. The van der Waals surface area contributed by atoms with Crippen LogP contribution < -0.4 is 11.3 Å². The first-order valence-corrected chi connectivity index (χ1v) is 6.44. The van der Waals surface area contributed by atoms with E-state index in [9.17, 15) is 13.2 Å². The Balaban J connectivity index is 2.26. The maximum Gasteiger partial charge on any atom is 0.416 e. The molecule has 2 rings (SSSR count). The normalized spacial score (nSPS) is 13.2. The Kier molecular flexibility index (Phi) is 4.59. The summed E-state index contributed by atoms with van der Waals surface area (Å²) < 4.78 is 38.0. The van der Waals surface area contributed by atoms with Crippen molar-refractivity contribution in [1.29, 1.82) is 0 Å². The van der Waals surface area contributed by atoms with E-state index in [4.69, 9.17) is 5.84 Å². The number of aryl methyl sites for hydroxylation is 1. The van der Waals surface area contributed by atoms with Gasteiger partial charge in [-0.3, -0.25) is 16.3 Å². The highest BCUT2D eigenvalue weighted by atomic mass is 19.4. The smallest absolute Gasteiger partial charge is 0.271 e. The molecule has 21 heavy (non-hydrogen) atoms. The summed E-state index contributed by atoms with van der Waals surface area (Å²) in [6.45, 7) is 1.65. The molecule has 0 bridgehead atoms. The van der Waals surface area contributed by atoms with E-state index >= 15 is 0 Å². The fourth-order valence-electron chi connectivity index (χ4n) is 2.26. The number of rotatable bonds is 4. The van der Waals surface area contributed by atoms with Crippen LogP contribution in [0.1, 0.15) is 28.3 Å². The Labute approximate surface area is 121 Å². The Morgan fingerprint density at radius 1 is 1.29 bits per heavy atom. The van der Waals surface area contributed by atoms with Gasteiger partial charge in [0.1, 0.15) is 0 Å². The monoisotopic (exact) mass is 295 g/mol. The van der Waals surface area contributed by atoms with E-state index in [1.165, 1.54) is 6.07 Å². The van der Waals surface area contributed by atoms with Crippen molar-refractivity contribution in [2.24, 2.45) is 5.84 Å². The first kappa shape index (κ1) is 15.5. The second-order valence-corrected chi connectivity index (χ2v) is 4.85. The number of alkyl halides is 3. The molecule has 0 aliphatic heterocycles. The van der Waals surface area contributed by atoms with Crippen LogP contribution in [0.4, 0.5) is 13.2 Å². The number of pyridine rings is 1. The highest BCUT2D eigenvalue weighted by Crippen LogP contribution is 2.32. The summed E-state index contributed by atoms with van der Waals surface area (Å²) in [6, 6.07) is 7.13. The minimum atomic E-state index is -4.34. The molecule has 112 valence electrons. The van der Waals surface area contributed by atoms with Crippen molar-refractivity contribution in [1.82, 2.24) is 10.4 Å². The van der Waals surface area contributed by atoms with E-state index in [1.54, 1.807) is 19.3 Å². The van der Waals surface area contributed by atoms with Crippen LogP contribution in [0.25, 0.3) is 0 Å². The molecule has 1 unspecified atom stereocenters. The summed E-state index contributed by atoms with van der Waals surface area (Å²) in [7, 11) is 0. The van der Waals surface area contributed by atoms with E-state index < -0.39 is 11.7 Å². The lowest BCUT2D eigenvalue weighted by atomic mass is 9.95. The zero-order valence-corrected chi connectivity index (χ0v) is 11.5. The predicted molar refractivity (Wildman–Crippen MR) is 74.2 cm³/mol. The van der Waals surface area contributed by atoms with Crippen LogP contribution in [-0.2, 0) is 12.6 Å². The molecule has 1 heterocycles. The van der Waals surface area contributed by atoms with Gasteiger partial charge in [-0.15, -0.1) is 0 Å². The van der Waals surface area contributed by atoms with Crippen LogP contribution >= 0.6 is 0 Å². The average Bonchev–Trinajstić information content (AvgIpc) is 2.45. The molecule has 3 nitrogen and oxygen atoms in total. The Hall–Kier alpha value is -1.92. The van der Waals surface area contributed by atoms with Gasteiger partial charge in [-0.25, -0.2) is 0 Å². The largest absolute Gasteiger partial charge is 0.416 e. The van der Waals surface area contributed by atoms with Gasteiger partial charge in [0.25, 0.3) is 0 Å². The molecule has 1 atom stereocenters. The van der Waals surface area contributed by atoms with Crippen molar-refractivity contribution in [3.8, 4) is 0 Å². The summed E-state index contributed by atoms with van der Waals surface area (Å²) in [5.41, 5.74) is 4.26. The van der Waals surface area contributed by atoms with Gasteiger partial charge >= 0.3 is 6.18 Å². The first-order chi connectivity index (χ1) is 9.91. The number of hydrogen-bond acceptors (Lipinski definition) is 3. The van der Waals surface area contributed by atoms with Crippen molar-refractivity contribution in [3.63, 3.8) is 0 Å². The average molecular weight is 295 g/mol. The molecule has 3 N–H and O–H groups in total. The third-order valence-corrected chi connectivity index (χ3v) is 3.34. The minimum Gasteiger partial charge on any atom is -0.271 e. The number of nitrogens with zero attached hydrogens (tertiary/aromatic N) is 1. The SMILES string of the molecule is Cc1cc(C(F)(F)F)ccc1C(Cc1cccnc1)NN.